The lowest BCUT2D eigenvalue weighted by atomic mass is 10.0. The van der Waals surface area contributed by atoms with Crippen molar-refractivity contribution < 1.29 is 4.79 Å². The average Bonchev–Trinajstić information content (AvgIpc) is 2.36. The van der Waals surface area contributed by atoms with Gasteiger partial charge in [-0.25, -0.2) is 0 Å². The van der Waals surface area contributed by atoms with Crippen molar-refractivity contribution in [3.63, 3.8) is 0 Å². The number of pyridine rings is 1. The van der Waals surface area contributed by atoms with E-state index < -0.39 is 0 Å². The maximum absolute atomic E-state index is 12.1. The first-order chi connectivity index (χ1) is 9.45. The van der Waals surface area contributed by atoms with E-state index in [9.17, 15) is 4.79 Å². The fourth-order valence-electron chi connectivity index (χ4n) is 2.27. The third-order valence-corrected chi connectivity index (χ3v) is 3.13. The van der Waals surface area contributed by atoms with Crippen LogP contribution in [-0.4, -0.2) is 10.9 Å². The van der Waals surface area contributed by atoms with Gasteiger partial charge in [0.2, 0.25) is 5.91 Å². The molecule has 1 amide bonds. The van der Waals surface area contributed by atoms with Gasteiger partial charge in [0.05, 0.1) is 18.3 Å². The maximum Gasteiger partial charge on any atom is 0.230 e. The molecular weight excluding hydrogens is 250 g/mol. The van der Waals surface area contributed by atoms with Gasteiger partial charge >= 0.3 is 0 Å². The number of aromatic nitrogens is 1. The fourth-order valence-corrected chi connectivity index (χ4v) is 2.27. The van der Waals surface area contributed by atoms with Gasteiger partial charge < -0.3 is 11.1 Å². The number of carbonyl (C=O) groups excluding carboxylic acids is 1. The predicted molar refractivity (Wildman–Crippen MR) is 81.6 cm³/mol. The maximum atomic E-state index is 12.1. The highest BCUT2D eigenvalue weighted by atomic mass is 16.1. The molecule has 2 rings (SSSR count). The Labute approximate surface area is 119 Å². The number of rotatable bonds is 3. The smallest absolute Gasteiger partial charge is 0.230 e. The molecule has 0 bridgehead atoms. The molecule has 20 heavy (non-hydrogen) atoms. The van der Waals surface area contributed by atoms with E-state index in [2.05, 4.69) is 22.4 Å². The summed E-state index contributed by atoms with van der Waals surface area (Å²) in [5, 5.41) is 2.96. The van der Waals surface area contributed by atoms with Crippen LogP contribution in [0.15, 0.2) is 30.5 Å². The van der Waals surface area contributed by atoms with E-state index in [0.717, 1.165) is 16.8 Å². The van der Waals surface area contributed by atoms with Crippen LogP contribution >= 0.6 is 0 Å². The van der Waals surface area contributed by atoms with E-state index in [-0.39, 0.29) is 12.3 Å². The first-order valence-corrected chi connectivity index (χ1v) is 6.54. The van der Waals surface area contributed by atoms with Gasteiger partial charge in [0.25, 0.3) is 0 Å². The van der Waals surface area contributed by atoms with Crippen LogP contribution in [0.3, 0.4) is 0 Å². The molecular formula is C16H19N3O. The molecule has 1 heterocycles. The second kappa shape index (κ2) is 5.74. The van der Waals surface area contributed by atoms with Gasteiger partial charge in [0.1, 0.15) is 0 Å². The quantitative estimate of drug-likeness (QED) is 0.900. The van der Waals surface area contributed by atoms with Crippen molar-refractivity contribution in [1.29, 1.82) is 0 Å². The Morgan fingerprint density at radius 2 is 1.85 bits per heavy atom. The third-order valence-electron chi connectivity index (χ3n) is 3.13. The minimum Gasteiger partial charge on any atom is -0.397 e. The molecule has 0 aliphatic rings. The SMILES string of the molecule is Cc1cc(C)c(NC(=O)Cc2ccc(N)cn2)c(C)c1. The zero-order valence-corrected chi connectivity index (χ0v) is 12.0. The van der Waals surface area contributed by atoms with E-state index >= 15 is 0 Å². The number of nitrogens with one attached hydrogen (secondary N) is 1. The van der Waals surface area contributed by atoms with Crippen molar-refractivity contribution in [3.8, 4) is 0 Å². The zero-order chi connectivity index (χ0) is 14.7. The van der Waals surface area contributed by atoms with Crippen LogP contribution in [0.2, 0.25) is 0 Å². The van der Waals surface area contributed by atoms with Crippen molar-refractivity contribution >= 4 is 17.3 Å². The highest BCUT2D eigenvalue weighted by Crippen LogP contribution is 2.22. The molecule has 0 unspecified atom stereocenters. The van der Waals surface area contributed by atoms with Gasteiger partial charge in [-0.05, 0) is 44.0 Å². The average molecular weight is 269 g/mol. The van der Waals surface area contributed by atoms with Gasteiger partial charge in [-0.15, -0.1) is 0 Å². The number of benzene rings is 1. The number of anilines is 2. The summed E-state index contributed by atoms with van der Waals surface area (Å²) in [5.41, 5.74) is 11.1. The second-order valence-electron chi connectivity index (χ2n) is 5.08. The van der Waals surface area contributed by atoms with Crippen molar-refractivity contribution in [2.75, 3.05) is 11.1 Å². The summed E-state index contributed by atoms with van der Waals surface area (Å²) in [4.78, 5) is 16.2. The fraction of sp³-hybridized carbons (Fsp3) is 0.250. The molecule has 0 fully saturated rings. The van der Waals surface area contributed by atoms with Crippen molar-refractivity contribution in [2.24, 2.45) is 0 Å². The zero-order valence-electron chi connectivity index (χ0n) is 12.0. The Balaban J connectivity index is 2.10. The molecule has 0 radical (unpaired) electrons. The Bertz CT molecular complexity index is 610. The molecule has 1 aromatic heterocycles. The monoisotopic (exact) mass is 269 g/mol. The van der Waals surface area contributed by atoms with Crippen LogP contribution in [0, 0.1) is 20.8 Å². The third kappa shape index (κ3) is 3.35. The largest absolute Gasteiger partial charge is 0.397 e. The standard InChI is InChI=1S/C16H19N3O/c1-10-6-11(2)16(12(3)7-10)19-15(20)8-14-5-4-13(17)9-18-14/h4-7,9H,8,17H2,1-3H3,(H,19,20). The highest BCUT2D eigenvalue weighted by Gasteiger charge is 2.09. The topological polar surface area (TPSA) is 68.0 Å². The lowest BCUT2D eigenvalue weighted by molar-refractivity contribution is -0.115. The van der Waals surface area contributed by atoms with Gasteiger partial charge in [0, 0.05) is 11.4 Å². The lowest BCUT2D eigenvalue weighted by Crippen LogP contribution is -2.16. The first kappa shape index (κ1) is 14.1. The van der Waals surface area contributed by atoms with E-state index in [1.807, 2.05) is 20.8 Å². The minimum absolute atomic E-state index is 0.0719. The van der Waals surface area contributed by atoms with Gasteiger partial charge in [-0.3, -0.25) is 9.78 Å². The van der Waals surface area contributed by atoms with E-state index in [4.69, 9.17) is 5.73 Å². The van der Waals surface area contributed by atoms with Crippen LogP contribution in [0.1, 0.15) is 22.4 Å². The Kier molecular flexibility index (Phi) is 4.03. The molecule has 4 nitrogen and oxygen atoms in total. The summed E-state index contributed by atoms with van der Waals surface area (Å²) in [5.74, 6) is -0.0719. The Hall–Kier alpha value is -2.36. The Morgan fingerprint density at radius 3 is 2.40 bits per heavy atom. The number of carbonyl (C=O) groups is 1. The number of nitrogen functional groups attached to an aromatic ring is 1. The number of amides is 1. The van der Waals surface area contributed by atoms with Crippen LogP contribution in [0.5, 0.6) is 0 Å². The summed E-state index contributed by atoms with van der Waals surface area (Å²) < 4.78 is 0. The molecule has 0 spiro atoms. The molecule has 0 saturated heterocycles. The summed E-state index contributed by atoms with van der Waals surface area (Å²) in [6.07, 6.45) is 1.80. The van der Waals surface area contributed by atoms with E-state index in [1.54, 1.807) is 18.3 Å². The minimum atomic E-state index is -0.0719. The summed E-state index contributed by atoms with van der Waals surface area (Å²) in [6, 6.07) is 7.63. The highest BCUT2D eigenvalue weighted by molar-refractivity contribution is 5.93. The van der Waals surface area contributed by atoms with Crippen molar-refractivity contribution in [1.82, 2.24) is 4.98 Å². The van der Waals surface area contributed by atoms with Crippen LogP contribution in [0.25, 0.3) is 0 Å². The molecule has 0 saturated carbocycles. The summed E-state index contributed by atoms with van der Waals surface area (Å²) in [7, 11) is 0. The second-order valence-corrected chi connectivity index (χ2v) is 5.08. The lowest BCUT2D eigenvalue weighted by Gasteiger charge is -2.12. The molecule has 4 heteroatoms. The number of hydrogen-bond acceptors (Lipinski definition) is 3. The molecule has 0 aliphatic carbocycles. The number of nitrogens with two attached hydrogens (primary N) is 1. The molecule has 0 atom stereocenters. The van der Waals surface area contributed by atoms with Crippen molar-refractivity contribution in [3.05, 3.63) is 52.8 Å². The molecule has 2 aromatic rings. The normalized spacial score (nSPS) is 10.3. The summed E-state index contributed by atoms with van der Waals surface area (Å²) in [6.45, 7) is 6.04. The Morgan fingerprint density at radius 1 is 1.20 bits per heavy atom. The molecule has 3 N–H and O–H groups in total. The van der Waals surface area contributed by atoms with Crippen LogP contribution < -0.4 is 11.1 Å². The predicted octanol–water partition coefficient (Wildman–Crippen LogP) is 2.77. The van der Waals surface area contributed by atoms with Crippen molar-refractivity contribution in [2.45, 2.75) is 27.2 Å². The van der Waals surface area contributed by atoms with Gasteiger partial charge in [0.15, 0.2) is 0 Å². The number of aryl methyl sites for hydroxylation is 3. The van der Waals surface area contributed by atoms with Crippen LogP contribution in [0.4, 0.5) is 11.4 Å². The molecule has 0 aliphatic heterocycles. The number of nitrogens with zero attached hydrogens (tertiary/aromatic N) is 1. The molecule has 1 aromatic carbocycles. The first-order valence-electron chi connectivity index (χ1n) is 6.54. The van der Waals surface area contributed by atoms with Gasteiger partial charge in [-0.2, -0.15) is 0 Å². The van der Waals surface area contributed by atoms with E-state index in [1.165, 1.54) is 5.56 Å². The van der Waals surface area contributed by atoms with E-state index in [0.29, 0.717) is 11.4 Å². The summed E-state index contributed by atoms with van der Waals surface area (Å²) >= 11 is 0. The van der Waals surface area contributed by atoms with Crippen LogP contribution in [-0.2, 0) is 11.2 Å². The van der Waals surface area contributed by atoms with Gasteiger partial charge in [-0.1, -0.05) is 17.7 Å². The molecule has 104 valence electrons. The number of hydrogen-bond donors (Lipinski definition) is 2.